The molecule has 6 nitrogen and oxygen atoms in total. The van der Waals surface area contributed by atoms with E-state index >= 15 is 0 Å². The lowest BCUT2D eigenvalue weighted by molar-refractivity contribution is -0.134. The minimum Gasteiger partial charge on any atom is -0.454 e. The number of benzene rings is 1. The minimum absolute atomic E-state index is 0.00878. The Hall–Kier alpha value is -1.76. The number of carbonyl (C=O) groups is 2. The maximum absolute atomic E-state index is 12.5. The van der Waals surface area contributed by atoms with E-state index in [9.17, 15) is 9.59 Å². The quantitative estimate of drug-likeness (QED) is 0.874. The van der Waals surface area contributed by atoms with Crippen LogP contribution in [0.25, 0.3) is 0 Å². The zero-order chi connectivity index (χ0) is 15.7. The molecule has 0 bridgehead atoms. The van der Waals surface area contributed by atoms with Crippen molar-refractivity contribution in [1.82, 2.24) is 4.90 Å². The molecule has 2 N–H and O–H groups in total. The fraction of sp³-hybridized carbons (Fsp3) is 0.467. The fourth-order valence-corrected chi connectivity index (χ4v) is 3.27. The molecule has 7 heteroatoms. The molecule has 0 saturated carbocycles. The highest BCUT2D eigenvalue weighted by Crippen LogP contribution is 2.37. The molecule has 0 aromatic heterocycles. The molecule has 2 amide bonds. The number of halogens is 1. The van der Waals surface area contributed by atoms with Gasteiger partial charge in [-0.25, -0.2) is 0 Å². The third-order valence-electron chi connectivity index (χ3n) is 4.06. The lowest BCUT2D eigenvalue weighted by atomic mass is 9.97. The highest BCUT2D eigenvalue weighted by molar-refractivity contribution is 9.10. The van der Waals surface area contributed by atoms with Crippen LogP contribution >= 0.6 is 15.9 Å². The number of primary amides is 1. The number of hydrogen-bond acceptors (Lipinski definition) is 4. The van der Waals surface area contributed by atoms with Gasteiger partial charge < -0.3 is 20.1 Å². The molecule has 1 atom stereocenters. The number of ether oxygens (including phenoxy) is 2. The molecular weight excluding hydrogens is 352 g/mol. The van der Waals surface area contributed by atoms with Crippen LogP contribution < -0.4 is 15.2 Å². The van der Waals surface area contributed by atoms with Crippen LogP contribution in [0.4, 0.5) is 0 Å². The summed E-state index contributed by atoms with van der Waals surface area (Å²) in [7, 11) is 0. The maximum Gasteiger partial charge on any atom is 0.231 e. The number of nitrogens with two attached hydrogens (primary N) is 1. The first-order valence-electron chi connectivity index (χ1n) is 7.19. The Labute approximate surface area is 136 Å². The van der Waals surface area contributed by atoms with Crippen molar-refractivity contribution in [2.24, 2.45) is 11.7 Å². The second-order valence-electron chi connectivity index (χ2n) is 5.55. The first kappa shape index (κ1) is 15.1. The minimum atomic E-state index is -0.332. The van der Waals surface area contributed by atoms with Crippen LogP contribution in [0, 0.1) is 5.92 Å². The summed E-state index contributed by atoms with van der Waals surface area (Å²) in [4.78, 5) is 25.5. The summed E-state index contributed by atoms with van der Waals surface area (Å²) < 4.78 is 11.5. The predicted octanol–water partition coefficient (Wildman–Crippen LogP) is 1.44. The van der Waals surface area contributed by atoms with E-state index in [-0.39, 0.29) is 30.9 Å². The van der Waals surface area contributed by atoms with E-state index in [4.69, 9.17) is 15.2 Å². The van der Waals surface area contributed by atoms with Gasteiger partial charge in [-0.3, -0.25) is 9.59 Å². The van der Waals surface area contributed by atoms with Gasteiger partial charge in [-0.2, -0.15) is 0 Å². The maximum atomic E-state index is 12.5. The fourth-order valence-electron chi connectivity index (χ4n) is 2.81. The molecule has 0 unspecified atom stereocenters. The lowest BCUT2D eigenvalue weighted by Gasteiger charge is -2.31. The van der Waals surface area contributed by atoms with Crippen molar-refractivity contribution in [2.75, 3.05) is 19.9 Å². The van der Waals surface area contributed by atoms with Crippen molar-refractivity contribution in [3.05, 3.63) is 22.2 Å². The zero-order valence-corrected chi connectivity index (χ0v) is 13.6. The molecule has 1 aromatic rings. The SMILES string of the molecule is NC(=O)[C@H]1CCCN(C(=O)Cc2cc3c(cc2Br)OCO3)C1. The van der Waals surface area contributed by atoms with Crippen molar-refractivity contribution >= 4 is 27.7 Å². The number of amides is 2. The molecule has 118 valence electrons. The molecule has 0 aliphatic carbocycles. The van der Waals surface area contributed by atoms with Crippen LogP contribution in [-0.4, -0.2) is 36.6 Å². The van der Waals surface area contributed by atoms with Crippen molar-refractivity contribution in [2.45, 2.75) is 19.3 Å². The summed E-state index contributed by atoms with van der Waals surface area (Å²) in [6.07, 6.45) is 1.82. The monoisotopic (exact) mass is 368 g/mol. The molecule has 22 heavy (non-hydrogen) atoms. The summed E-state index contributed by atoms with van der Waals surface area (Å²) in [6, 6.07) is 3.63. The number of hydrogen-bond donors (Lipinski definition) is 1. The Morgan fingerprint density at radius 2 is 2.05 bits per heavy atom. The highest BCUT2D eigenvalue weighted by atomic mass is 79.9. The normalized spacial score (nSPS) is 20.0. The first-order valence-corrected chi connectivity index (χ1v) is 7.99. The van der Waals surface area contributed by atoms with Gasteiger partial charge in [0.05, 0.1) is 12.3 Å². The summed E-state index contributed by atoms with van der Waals surface area (Å²) in [5.41, 5.74) is 6.20. The predicted molar refractivity (Wildman–Crippen MR) is 82.5 cm³/mol. The number of piperidine rings is 1. The molecule has 0 radical (unpaired) electrons. The molecule has 2 aliphatic rings. The van der Waals surface area contributed by atoms with Crippen molar-refractivity contribution < 1.29 is 19.1 Å². The summed E-state index contributed by atoms with van der Waals surface area (Å²) in [5.74, 6) is 0.750. The number of rotatable bonds is 3. The van der Waals surface area contributed by atoms with Gasteiger partial charge in [-0.1, -0.05) is 15.9 Å². The molecule has 0 spiro atoms. The summed E-state index contributed by atoms with van der Waals surface area (Å²) >= 11 is 3.46. The Kier molecular flexibility index (Phi) is 4.24. The topological polar surface area (TPSA) is 81.9 Å². The third kappa shape index (κ3) is 3.04. The van der Waals surface area contributed by atoms with Gasteiger partial charge in [0.25, 0.3) is 0 Å². The smallest absolute Gasteiger partial charge is 0.231 e. The molecule has 2 heterocycles. The average Bonchev–Trinajstić information content (AvgIpc) is 2.94. The molecule has 1 aromatic carbocycles. The van der Waals surface area contributed by atoms with Crippen molar-refractivity contribution in [3.8, 4) is 11.5 Å². The molecular formula is C15H17BrN2O4. The highest BCUT2D eigenvalue weighted by Gasteiger charge is 2.27. The largest absolute Gasteiger partial charge is 0.454 e. The van der Waals surface area contributed by atoms with Crippen LogP contribution in [0.1, 0.15) is 18.4 Å². The van der Waals surface area contributed by atoms with Crippen molar-refractivity contribution in [3.63, 3.8) is 0 Å². The third-order valence-corrected chi connectivity index (χ3v) is 4.80. The van der Waals surface area contributed by atoms with E-state index < -0.39 is 0 Å². The summed E-state index contributed by atoms with van der Waals surface area (Å²) in [5, 5.41) is 0. The first-order chi connectivity index (χ1) is 10.5. The second kappa shape index (κ2) is 6.16. The van der Waals surface area contributed by atoms with Gasteiger partial charge in [-0.05, 0) is 30.5 Å². The van der Waals surface area contributed by atoms with Gasteiger partial charge in [0.15, 0.2) is 11.5 Å². The van der Waals surface area contributed by atoms with Crippen molar-refractivity contribution in [1.29, 1.82) is 0 Å². The van der Waals surface area contributed by atoms with E-state index in [1.807, 2.05) is 12.1 Å². The van der Waals surface area contributed by atoms with Gasteiger partial charge in [0, 0.05) is 17.6 Å². The van der Waals surface area contributed by atoms with E-state index in [1.54, 1.807) is 4.90 Å². The standard InChI is InChI=1S/C15H17BrN2O4/c16-11-6-13-12(21-8-22-13)4-10(11)5-14(19)18-3-1-2-9(7-18)15(17)20/h4,6,9H,1-3,5,7-8H2,(H2,17,20)/t9-/m0/s1. The van der Waals surface area contributed by atoms with E-state index in [0.29, 0.717) is 24.6 Å². The van der Waals surface area contributed by atoms with Crippen LogP contribution in [-0.2, 0) is 16.0 Å². The van der Waals surface area contributed by atoms with E-state index in [1.165, 1.54) is 0 Å². The number of nitrogens with zero attached hydrogens (tertiary/aromatic N) is 1. The molecule has 3 rings (SSSR count). The van der Waals surface area contributed by atoms with Crippen LogP contribution in [0.2, 0.25) is 0 Å². The van der Waals surface area contributed by atoms with Gasteiger partial charge >= 0.3 is 0 Å². The van der Waals surface area contributed by atoms with Gasteiger partial charge in [0.2, 0.25) is 18.6 Å². The lowest BCUT2D eigenvalue weighted by Crippen LogP contribution is -2.44. The Morgan fingerprint density at radius 3 is 2.77 bits per heavy atom. The van der Waals surface area contributed by atoms with Crippen LogP contribution in [0.3, 0.4) is 0 Å². The van der Waals surface area contributed by atoms with Crippen LogP contribution in [0.5, 0.6) is 11.5 Å². The van der Waals surface area contributed by atoms with E-state index in [2.05, 4.69) is 15.9 Å². The zero-order valence-electron chi connectivity index (χ0n) is 12.0. The van der Waals surface area contributed by atoms with Gasteiger partial charge in [-0.15, -0.1) is 0 Å². The average molecular weight is 369 g/mol. The number of fused-ring (bicyclic) bond motifs is 1. The molecule has 2 aliphatic heterocycles. The number of carbonyl (C=O) groups excluding carboxylic acids is 2. The second-order valence-corrected chi connectivity index (χ2v) is 6.41. The van der Waals surface area contributed by atoms with E-state index in [0.717, 1.165) is 22.9 Å². The Bertz CT molecular complexity index is 620. The Morgan fingerprint density at radius 1 is 1.32 bits per heavy atom. The summed E-state index contributed by atoms with van der Waals surface area (Å²) in [6.45, 7) is 1.28. The van der Waals surface area contributed by atoms with Crippen LogP contribution in [0.15, 0.2) is 16.6 Å². The Balaban J connectivity index is 1.70. The molecule has 1 fully saturated rings. The number of likely N-dealkylation sites (tertiary alicyclic amines) is 1. The molecule has 1 saturated heterocycles. The van der Waals surface area contributed by atoms with Gasteiger partial charge in [0.1, 0.15) is 0 Å².